The number of pyridine rings is 1. The van der Waals surface area contributed by atoms with E-state index in [2.05, 4.69) is 25.6 Å². The van der Waals surface area contributed by atoms with Crippen LogP contribution in [-0.4, -0.2) is 31.3 Å². The number of carbonyl (C=O) groups excluding carboxylic acids is 2. The maximum atomic E-state index is 12.9. The van der Waals surface area contributed by atoms with Gasteiger partial charge in [-0.3, -0.25) is 9.59 Å². The van der Waals surface area contributed by atoms with E-state index >= 15 is 0 Å². The number of nitrogens with one attached hydrogen (secondary N) is 2. The van der Waals surface area contributed by atoms with Gasteiger partial charge in [0.2, 0.25) is 0 Å². The first-order valence-electron chi connectivity index (χ1n) is 8.33. The molecule has 0 saturated heterocycles. The zero-order chi connectivity index (χ0) is 22.1. The Morgan fingerprint density at radius 3 is 2.57 bits per heavy atom. The molecule has 3 aromatic heterocycles. The predicted molar refractivity (Wildman–Crippen MR) is 103 cm³/mol. The van der Waals surface area contributed by atoms with Gasteiger partial charge >= 0.3 is 6.18 Å². The van der Waals surface area contributed by atoms with Crippen molar-refractivity contribution >= 4 is 40.6 Å². The van der Waals surface area contributed by atoms with E-state index in [0.29, 0.717) is 16.8 Å². The average molecular weight is 459 g/mol. The molecule has 0 radical (unpaired) electrons. The second-order valence-corrected chi connectivity index (χ2v) is 7.62. The van der Waals surface area contributed by atoms with Gasteiger partial charge in [-0.05, 0) is 13.0 Å². The Balaban J connectivity index is 1.69. The number of aryl methyl sites for hydroxylation is 1. The standard InChI is InChI=1S/C17H14ClF3N6O2S/c1-8(25-14(28)11-5-22-7-27(11)2)16-24-6-12(30-16)15(29)26-13-3-9(17(19,20)21)10(18)4-23-13/h3-8H,1-2H3,(H,25,28)(H,23,26,29)/t8-/m1/s1. The number of carbonyl (C=O) groups is 2. The van der Waals surface area contributed by atoms with E-state index in [9.17, 15) is 22.8 Å². The molecule has 8 nitrogen and oxygen atoms in total. The van der Waals surface area contributed by atoms with Crippen molar-refractivity contribution in [2.24, 2.45) is 7.05 Å². The maximum Gasteiger partial charge on any atom is 0.418 e. The van der Waals surface area contributed by atoms with Gasteiger partial charge < -0.3 is 15.2 Å². The van der Waals surface area contributed by atoms with Crippen molar-refractivity contribution < 1.29 is 22.8 Å². The SMILES string of the molecule is C[C@@H](NC(=O)c1cncn1C)c1ncc(C(=O)Nc2cc(C(F)(F)F)c(Cl)cn2)s1. The lowest BCUT2D eigenvalue weighted by Crippen LogP contribution is -2.28. The first-order valence-corrected chi connectivity index (χ1v) is 9.52. The predicted octanol–water partition coefficient (Wildman–Crippen LogP) is 3.69. The number of amides is 2. The van der Waals surface area contributed by atoms with Crippen LogP contribution in [0.1, 0.15) is 43.7 Å². The highest BCUT2D eigenvalue weighted by atomic mass is 35.5. The molecule has 0 saturated carbocycles. The third-order valence-electron chi connectivity index (χ3n) is 3.92. The molecule has 3 heterocycles. The molecular weight excluding hydrogens is 445 g/mol. The van der Waals surface area contributed by atoms with Gasteiger partial charge in [0, 0.05) is 13.2 Å². The fraction of sp³-hybridized carbons (Fsp3) is 0.235. The Kier molecular flexibility index (Phi) is 6.08. The summed E-state index contributed by atoms with van der Waals surface area (Å²) < 4.78 is 40.4. The molecule has 0 unspecified atom stereocenters. The zero-order valence-electron chi connectivity index (χ0n) is 15.5. The number of aromatic nitrogens is 4. The summed E-state index contributed by atoms with van der Waals surface area (Å²) in [5.74, 6) is -1.36. The average Bonchev–Trinajstić information content (AvgIpc) is 3.31. The van der Waals surface area contributed by atoms with Crippen molar-refractivity contribution in [2.45, 2.75) is 19.1 Å². The monoisotopic (exact) mass is 458 g/mol. The Morgan fingerprint density at radius 1 is 1.20 bits per heavy atom. The van der Waals surface area contributed by atoms with Crippen LogP contribution in [-0.2, 0) is 13.2 Å². The van der Waals surface area contributed by atoms with Crippen LogP contribution in [0.25, 0.3) is 0 Å². The van der Waals surface area contributed by atoms with Crippen LogP contribution in [0.3, 0.4) is 0 Å². The number of rotatable bonds is 5. The summed E-state index contributed by atoms with van der Waals surface area (Å²) in [4.78, 5) is 36.4. The van der Waals surface area contributed by atoms with E-state index in [-0.39, 0.29) is 16.6 Å². The van der Waals surface area contributed by atoms with Crippen molar-refractivity contribution in [2.75, 3.05) is 5.32 Å². The number of halogens is 4. The number of thiazole rings is 1. The molecule has 2 amide bonds. The van der Waals surface area contributed by atoms with Crippen LogP contribution < -0.4 is 10.6 Å². The van der Waals surface area contributed by atoms with E-state index in [4.69, 9.17) is 11.6 Å². The molecular formula is C17H14ClF3N6O2S. The van der Waals surface area contributed by atoms with Crippen LogP contribution >= 0.6 is 22.9 Å². The Bertz CT molecular complexity index is 1100. The zero-order valence-corrected chi connectivity index (χ0v) is 17.1. The van der Waals surface area contributed by atoms with Gasteiger partial charge in [0.1, 0.15) is 21.4 Å². The van der Waals surface area contributed by atoms with Crippen molar-refractivity contribution in [3.05, 3.63) is 57.1 Å². The lowest BCUT2D eigenvalue weighted by molar-refractivity contribution is -0.137. The van der Waals surface area contributed by atoms with E-state index in [1.54, 1.807) is 18.5 Å². The minimum absolute atomic E-state index is 0.136. The third kappa shape index (κ3) is 4.76. The summed E-state index contributed by atoms with van der Waals surface area (Å²) >= 11 is 6.51. The summed E-state index contributed by atoms with van der Waals surface area (Å²) in [6.07, 6.45) is 0.299. The van der Waals surface area contributed by atoms with E-state index in [1.807, 2.05) is 0 Å². The number of alkyl halides is 3. The molecule has 0 aliphatic carbocycles. The molecule has 0 spiro atoms. The largest absolute Gasteiger partial charge is 0.418 e. The van der Waals surface area contributed by atoms with Gasteiger partial charge in [0.25, 0.3) is 11.8 Å². The minimum atomic E-state index is -4.68. The molecule has 2 N–H and O–H groups in total. The molecule has 0 aliphatic rings. The molecule has 3 rings (SSSR count). The quantitative estimate of drug-likeness (QED) is 0.607. The molecule has 30 heavy (non-hydrogen) atoms. The normalized spacial score (nSPS) is 12.5. The number of hydrogen-bond acceptors (Lipinski definition) is 6. The fourth-order valence-corrected chi connectivity index (χ4v) is 3.43. The molecule has 0 bridgehead atoms. The third-order valence-corrected chi connectivity index (χ3v) is 5.40. The van der Waals surface area contributed by atoms with Crippen LogP contribution in [0.2, 0.25) is 5.02 Å². The first-order chi connectivity index (χ1) is 14.1. The van der Waals surface area contributed by atoms with Gasteiger partial charge in [0.15, 0.2) is 0 Å². The van der Waals surface area contributed by atoms with Gasteiger partial charge in [-0.15, -0.1) is 11.3 Å². The molecule has 1 atom stereocenters. The maximum absolute atomic E-state index is 12.9. The molecule has 13 heteroatoms. The highest BCUT2D eigenvalue weighted by Gasteiger charge is 2.34. The number of anilines is 1. The van der Waals surface area contributed by atoms with Gasteiger partial charge in [-0.1, -0.05) is 11.6 Å². The summed E-state index contributed by atoms with van der Waals surface area (Å²) in [5, 5.41) is 4.89. The minimum Gasteiger partial charge on any atom is -0.342 e. The smallest absolute Gasteiger partial charge is 0.342 e. The molecule has 0 fully saturated rings. The Morgan fingerprint density at radius 2 is 1.93 bits per heavy atom. The van der Waals surface area contributed by atoms with Crippen molar-refractivity contribution in [1.82, 2.24) is 24.8 Å². The van der Waals surface area contributed by atoms with Crippen molar-refractivity contribution in [3.63, 3.8) is 0 Å². The summed E-state index contributed by atoms with van der Waals surface area (Å²) in [5.41, 5.74) is -0.753. The van der Waals surface area contributed by atoms with Crippen molar-refractivity contribution in [3.8, 4) is 0 Å². The Hall–Kier alpha value is -2.99. The highest BCUT2D eigenvalue weighted by molar-refractivity contribution is 7.13. The fourth-order valence-electron chi connectivity index (χ4n) is 2.40. The second kappa shape index (κ2) is 8.40. The van der Waals surface area contributed by atoms with Gasteiger partial charge in [0.05, 0.1) is 35.3 Å². The number of hydrogen-bond donors (Lipinski definition) is 2. The van der Waals surface area contributed by atoms with E-state index < -0.39 is 28.7 Å². The first kappa shape index (κ1) is 21.7. The van der Waals surface area contributed by atoms with Crippen LogP contribution in [0, 0.1) is 0 Å². The van der Waals surface area contributed by atoms with E-state index in [0.717, 1.165) is 17.5 Å². The number of imidazole rings is 1. The molecule has 0 aliphatic heterocycles. The summed E-state index contributed by atoms with van der Waals surface area (Å²) in [6, 6.07) is 0.142. The molecule has 158 valence electrons. The van der Waals surface area contributed by atoms with Gasteiger partial charge in [-0.2, -0.15) is 13.2 Å². The topological polar surface area (TPSA) is 102 Å². The van der Waals surface area contributed by atoms with E-state index in [1.165, 1.54) is 18.7 Å². The van der Waals surface area contributed by atoms with Crippen LogP contribution in [0.15, 0.2) is 31.0 Å². The number of nitrogens with zero attached hydrogens (tertiary/aromatic N) is 4. The summed E-state index contributed by atoms with van der Waals surface area (Å²) in [7, 11) is 1.67. The Labute approximate surface area is 177 Å². The van der Waals surface area contributed by atoms with Crippen LogP contribution in [0.4, 0.5) is 19.0 Å². The summed E-state index contributed by atoms with van der Waals surface area (Å²) in [6.45, 7) is 1.69. The lowest BCUT2D eigenvalue weighted by Gasteiger charge is -2.11. The molecule has 3 aromatic rings. The van der Waals surface area contributed by atoms with Gasteiger partial charge in [-0.25, -0.2) is 15.0 Å². The highest BCUT2D eigenvalue weighted by Crippen LogP contribution is 2.35. The molecule has 0 aromatic carbocycles. The lowest BCUT2D eigenvalue weighted by atomic mass is 10.2. The van der Waals surface area contributed by atoms with Crippen molar-refractivity contribution in [1.29, 1.82) is 0 Å². The van der Waals surface area contributed by atoms with Crippen LogP contribution in [0.5, 0.6) is 0 Å². The second-order valence-electron chi connectivity index (χ2n) is 6.15.